The molecule has 0 saturated heterocycles. The second kappa shape index (κ2) is 8.85. The average Bonchev–Trinajstić information content (AvgIpc) is 2.44. The molecule has 1 rings (SSSR count). The Kier molecular flexibility index (Phi) is 7.03. The summed E-state index contributed by atoms with van der Waals surface area (Å²) in [4.78, 5) is 33.9. The van der Waals surface area contributed by atoms with E-state index in [0.29, 0.717) is 18.4 Å². The summed E-state index contributed by atoms with van der Waals surface area (Å²) in [6.07, 6.45) is 1.25. The van der Waals surface area contributed by atoms with Gasteiger partial charge in [0.1, 0.15) is 0 Å². The molecule has 0 amide bonds. The van der Waals surface area contributed by atoms with Crippen molar-refractivity contribution in [1.29, 1.82) is 0 Å². The van der Waals surface area contributed by atoms with Crippen LogP contribution in [0.5, 0.6) is 0 Å². The lowest BCUT2D eigenvalue weighted by Gasteiger charge is -2.04. The predicted octanol–water partition coefficient (Wildman–Crippen LogP) is 2.49. The van der Waals surface area contributed by atoms with Gasteiger partial charge in [-0.2, -0.15) is 0 Å². The number of hydrogen-bond donors (Lipinski definition) is 0. The first-order chi connectivity index (χ1) is 9.63. The molecular weight excluding hydrogens is 260 g/mol. The summed E-state index contributed by atoms with van der Waals surface area (Å²) in [7, 11) is 0. The number of benzene rings is 1. The van der Waals surface area contributed by atoms with Crippen LogP contribution in [0.1, 0.15) is 43.0 Å². The molecule has 0 fully saturated rings. The molecule has 0 heterocycles. The molecule has 0 spiro atoms. The third kappa shape index (κ3) is 6.13. The Balaban J connectivity index is 2.17. The number of ether oxygens (including phenoxy) is 2. The van der Waals surface area contributed by atoms with Gasteiger partial charge in [0.05, 0.1) is 12.2 Å². The number of hydrogen-bond acceptors (Lipinski definition) is 5. The van der Waals surface area contributed by atoms with Crippen molar-refractivity contribution in [3.8, 4) is 0 Å². The maximum absolute atomic E-state index is 11.6. The van der Waals surface area contributed by atoms with E-state index in [-0.39, 0.29) is 19.4 Å². The van der Waals surface area contributed by atoms with Crippen LogP contribution in [0.4, 0.5) is 0 Å². The summed E-state index contributed by atoms with van der Waals surface area (Å²) < 4.78 is 9.56. The topological polar surface area (TPSA) is 69.7 Å². The average molecular weight is 278 g/mol. The summed E-state index contributed by atoms with van der Waals surface area (Å²) >= 11 is 0. The Hall–Kier alpha value is -2.17. The van der Waals surface area contributed by atoms with Gasteiger partial charge in [0.25, 0.3) is 0 Å². The molecule has 0 saturated carbocycles. The van der Waals surface area contributed by atoms with E-state index in [1.54, 1.807) is 30.3 Å². The SMILES string of the molecule is CCCC(=O)OC(=O)CCCOC(=O)c1ccccc1. The summed E-state index contributed by atoms with van der Waals surface area (Å²) in [6.45, 7) is 1.94. The molecule has 0 radical (unpaired) electrons. The van der Waals surface area contributed by atoms with Gasteiger partial charge in [-0.25, -0.2) is 4.79 Å². The maximum Gasteiger partial charge on any atom is 0.338 e. The molecule has 1 aromatic carbocycles. The molecule has 20 heavy (non-hydrogen) atoms. The molecule has 0 atom stereocenters. The zero-order chi connectivity index (χ0) is 14.8. The van der Waals surface area contributed by atoms with Gasteiger partial charge in [0, 0.05) is 12.8 Å². The van der Waals surface area contributed by atoms with Crippen molar-refractivity contribution in [3.05, 3.63) is 35.9 Å². The first-order valence-corrected chi connectivity index (χ1v) is 6.59. The molecule has 0 N–H and O–H groups in total. The molecule has 0 unspecified atom stereocenters. The van der Waals surface area contributed by atoms with E-state index in [9.17, 15) is 14.4 Å². The summed E-state index contributed by atoms with van der Waals surface area (Å²) in [5.41, 5.74) is 0.466. The molecule has 5 nitrogen and oxygen atoms in total. The molecule has 0 aromatic heterocycles. The quantitative estimate of drug-likeness (QED) is 0.435. The maximum atomic E-state index is 11.6. The highest BCUT2D eigenvalue weighted by Crippen LogP contribution is 2.03. The van der Waals surface area contributed by atoms with Gasteiger partial charge in [-0.1, -0.05) is 25.1 Å². The highest BCUT2D eigenvalue weighted by molar-refractivity contribution is 5.89. The highest BCUT2D eigenvalue weighted by atomic mass is 16.6. The summed E-state index contributed by atoms with van der Waals surface area (Å²) in [5.74, 6) is -1.53. The highest BCUT2D eigenvalue weighted by Gasteiger charge is 2.10. The van der Waals surface area contributed by atoms with Gasteiger partial charge in [-0.05, 0) is 25.0 Å². The first-order valence-electron chi connectivity index (χ1n) is 6.59. The molecule has 1 aromatic rings. The zero-order valence-corrected chi connectivity index (χ0v) is 11.5. The van der Waals surface area contributed by atoms with Crippen molar-refractivity contribution in [1.82, 2.24) is 0 Å². The van der Waals surface area contributed by atoms with Gasteiger partial charge >= 0.3 is 17.9 Å². The monoisotopic (exact) mass is 278 g/mol. The fourth-order valence-corrected chi connectivity index (χ4v) is 1.47. The standard InChI is InChI=1S/C15H18O5/c1-2-7-13(16)20-14(17)10-6-11-19-15(18)12-8-4-3-5-9-12/h3-5,8-9H,2,6-7,10-11H2,1H3. The van der Waals surface area contributed by atoms with Gasteiger partial charge in [0.2, 0.25) is 0 Å². The van der Waals surface area contributed by atoms with E-state index in [1.807, 2.05) is 6.92 Å². The van der Waals surface area contributed by atoms with Crippen LogP contribution in [-0.4, -0.2) is 24.5 Å². The number of esters is 3. The Morgan fingerprint density at radius 1 is 1.00 bits per heavy atom. The van der Waals surface area contributed by atoms with Crippen LogP contribution in [-0.2, 0) is 19.1 Å². The van der Waals surface area contributed by atoms with Crippen LogP contribution in [0.15, 0.2) is 30.3 Å². The Morgan fingerprint density at radius 3 is 2.30 bits per heavy atom. The zero-order valence-electron chi connectivity index (χ0n) is 11.5. The first kappa shape index (κ1) is 15.9. The lowest BCUT2D eigenvalue weighted by molar-refractivity contribution is -0.159. The van der Waals surface area contributed by atoms with Crippen LogP contribution >= 0.6 is 0 Å². The molecule has 0 bridgehead atoms. The van der Waals surface area contributed by atoms with Gasteiger partial charge in [-0.15, -0.1) is 0 Å². The van der Waals surface area contributed by atoms with Gasteiger partial charge in [0.15, 0.2) is 0 Å². The second-order valence-electron chi connectivity index (χ2n) is 4.20. The largest absolute Gasteiger partial charge is 0.462 e. The normalized spacial score (nSPS) is 9.85. The third-order valence-corrected chi connectivity index (χ3v) is 2.45. The fraction of sp³-hybridized carbons (Fsp3) is 0.400. The Morgan fingerprint density at radius 2 is 1.65 bits per heavy atom. The lowest BCUT2D eigenvalue weighted by Crippen LogP contribution is -2.13. The van der Waals surface area contributed by atoms with E-state index < -0.39 is 17.9 Å². The minimum absolute atomic E-state index is 0.0531. The third-order valence-electron chi connectivity index (χ3n) is 2.45. The van der Waals surface area contributed by atoms with E-state index in [0.717, 1.165) is 0 Å². The summed E-state index contributed by atoms with van der Waals surface area (Å²) in [6, 6.07) is 8.60. The van der Waals surface area contributed by atoms with E-state index in [1.165, 1.54) is 0 Å². The minimum Gasteiger partial charge on any atom is -0.462 e. The van der Waals surface area contributed by atoms with Gasteiger partial charge in [-0.3, -0.25) is 9.59 Å². The van der Waals surface area contributed by atoms with Crippen molar-refractivity contribution in [2.75, 3.05) is 6.61 Å². The lowest BCUT2D eigenvalue weighted by atomic mass is 10.2. The predicted molar refractivity (Wildman–Crippen MR) is 72.0 cm³/mol. The van der Waals surface area contributed by atoms with E-state index >= 15 is 0 Å². The van der Waals surface area contributed by atoms with Gasteiger partial charge < -0.3 is 9.47 Å². The smallest absolute Gasteiger partial charge is 0.338 e. The van der Waals surface area contributed by atoms with Crippen molar-refractivity contribution >= 4 is 17.9 Å². The number of carbonyl (C=O) groups excluding carboxylic acids is 3. The van der Waals surface area contributed by atoms with Crippen molar-refractivity contribution < 1.29 is 23.9 Å². The van der Waals surface area contributed by atoms with E-state index in [2.05, 4.69) is 4.74 Å². The molecule has 108 valence electrons. The minimum atomic E-state index is -0.584. The Bertz CT molecular complexity index is 453. The van der Waals surface area contributed by atoms with E-state index in [4.69, 9.17) is 4.74 Å². The molecule has 5 heteroatoms. The van der Waals surface area contributed by atoms with Crippen LogP contribution in [0.3, 0.4) is 0 Å². The molecule has 0 aliphatic heterocycles. The molecular formula is C15H18O5. The Labute approximate surface area is 117 Å². The van der Waals surface area contributed by atoms with Crippen molar-refractivity contribution in [3.63, 3.8) is 0 Å². The van der Waals surface area contributed by atoms with Crippen LogP contribution in [0.2, 0.25) is 0 Å². The summed E-state index contributed by atoms with van der Waals surface area (Å²) in [5, 5.41) is 0. The fourth-order valence-electron chi connectivity index (χ4n) is 1.47. The molecule has 0 aliphatic rings. The van der Waals surface area contributed by atoms with Crippen molar-refractivity contribution in [2.24, 2.45) is 0 Å². The van der Waals surface area contributed by atoms with Crippen LogP contribution in [0, 0.1) is 0 Å². The van der Waals surface area contributed by atoms with Crippen molar-refractivity contribution in [2.45, 2.75) is 32.6 Å². The number of carbonyl (C=O) groups is 3. The molecule has 0 aliphatic carbocycles. The van der Waals surface area contributed by atoms with Crippen LogP contribution < -0.4 is 0 Å². The van der Waals surface area contributed by atoms with Crippen LogP contribution in [0.25, 0.3) is 0 Å². The second-order valence-corrected chi connectivity index (χ2v) is 4.20. The number of rotatable bonds is 7.